The van der Waals surface area contributed by atoms with Gasteiger partial charge < -0.3 is 14.2 Å². The fourth-order valence-corrected chi connectivity index (χ4v) is 2.40. The van der Waals surface area contributed by atoms with Crippen LogP contribution < -0.4 is 4.74 Å². The van der Waals surface area contributed by atoms with E-state index >= 15 is 0 Å². The fourth-order valence-electron chi connectivity index (χ4n) is 2.40. The molecule has 4 nitrogen and oxygen atoms in total. The number of rotatable bonds is 11. The molecule has 0 saturated carbocycles. The van der Waals surface area contributed by atoms with Gasteiger partial charge in [0, 0.05) is 6.61 Å². The van der Waals surface area contributed by atoms with Crippen molar-refractivity contribution in [2.75, 3.05) is 26.4 Å². The summed E-state index contributed by atoms with van der Waals surface area (Å²) >= 11 is 0. The van der Waals surface area contributed by atoms with Crippen LogP contribution in [0.3, 0.4) is 0 Å². The van der Waals surface area contributed by atoms with Crippen molar-refractivity contribution < 1.29 is 19.0 Å². The Morgan fingerprint density at radius 1 is 0.769 bits per heavy atom. The summed E-state index contributed by atoms with van der Waals surface area (Å²) in [6, 6.07) is 15.4. The highest BCUT2D eigenvalue weighted by Gasteiger charge is 2.07. The second kappa shape index (κ2) is 11.3. The zero-order valence-corrected chi connectivity index (χ0v) is 15.7. The van der Waals surface area contributed by atoms with Crippen molar-refractivity contribution in [1.29, 1.82) is 0 Å². The topological polar surface area (TPSA) is 44.8 Å². The number of esters is 1. The minimum absolute atomic E-state index is 0.265. The Balaban J connectivity index is 1.87. The quantitative estimate of drug-likeness (QED) is 0.414. The van der Waals surface area contributed by atoms with E-state index in [1.54, 1.807) is 12.1 Å². The number of benzene rings is 2. The first-order valence-corrected chi connectivity index (χ1v) is 9.32. The van der Waals surface area contributed by atoms with E-state index in [1.807, 2.05) is 36.4 Å². The molecule has 0 aliphatic rings. The molecular formula is C22H28O4. The Kier molecular flexibility index (Phi) is 8.70. The zero-order valence-electron chi connectivity index (χ0n) is 15.7. The highest BCUT2D eigenvalue weighted by atomic mass is 16.5. The largest absolute Gasteiger partial charge is 0.491 e. The average molecular weight is 356 g/mol. The van der Waals surface area contributed by atoms with Gasteiger partial charge in [-0.2, -0.15) is 0 Å². The van der Waals surface area contributed by atoms with Crippen molar-refractivity contribution in [2.24, 2.45) is 0 Å². The molecule has 4 heteroatoms. The van der Waals surface area contributed by atoms with Crippen LogP contribution in [0.25, 0.3) is 11.1 Å². The van der Waals surface area contributed by atoms with Crippen molar-refractivity contribution in [3.63, 3.8) is 0 Å². The number of carbonyl (C=O) groups is 1. The maximum Gasteiger partial charge on any atom is 0.338 e. The molecule has 0 amide bonds. The molecule has 0 saturated heterocycles. The van der Waals surface area contributed by atoms with Crippen LogP contribution in [0.5, 0.6) is 5.75 Å². The molecule has 0 atom stereocenters. The monoisotopic (exact) mass is 356 g/mol. The van der Waals surface area contributed by atoms with Gasteiger partial charge in [-0.15, -0.1) is 0 Å². The van der Waals surface area contributed by atoms with Crippen molar-refractivity contribution in [2.45, 2.75) is 33.1 Å². The van der Waals surface area contributed by atoms with Crippen molar-refractivity contribution in [3.05, 3.63) is 54.1 Å². The molecule has 0 radical (unpaired) electrons. The number of unbranched alkanes of at least 4 members (excludes halogenated alkanes) is 1. The average Bonchev–Trinajstić information content (AvgIpc) is 2.68. The first-order valence-electron chi connectivity index (χ1n) is 9.32. The van der Waals surface area contributed by atoms with E-state index in [0.29, 0.717) is 25.4 Å². The Hall–Kier alpha value is -2.33. The molecule has 26 heavy (non-hydrogen) atoms. The standard InChI is InChI=1S/C22H28O4/c1-3-5-15-26-22(23)20-8-6-18(7-9-20)19-10-12-21(13-11-19)25-17-16-24-14-4-2/h6-13H,3-5,14-17H2,1-2H3. The highest BCUT2D eigenvalue weighted by molar-refractivity contribution is 5.90. The van der Waals surface area contributed by atoms with Crippen LogP contribution in [0, 0.1) is 0 Å². The Morgan fingerprint density at radius 3 is 2.04 bits per heavy atom. The van der Waals surface area contributed by atoms with Crippen LogP contribution >= 0.6 is 0 Å². The molecule has 0 bridgehead atoms. The van der Waals surface area contributed by atoms with E-state index in [1.165, 1.54) is 0 Å². The lowest BCUT2D eigenvalue weighted by atomic mass is 10.0. The predicted molar refractivity (Wildman–Crippen MR) is 104 cm³/mol. The minimum atomic E-state index is -0.265. The van der Waals surface area contributed by atoms with E-state index in [4.69, 9.17) is 14.2 Å². The third-order valence-corrected chi connectivity index (χ3v) is 3.88. The van der Waals surface area contributed by atoms with Gasteiger partial charge in [0.05, 0.1) is 18.8 Å². The molecule has 0 aliphatic heterocycles. The number of ether oxygens (including phenoxy) is 3. The van der Waals surface area contributed by atoms with Gasteiger partial charge in [-0.05, 0) is 48.2 Å². The normalized spacial score (nSPS) is 10.5. The van der Waals surface area contributed by atoms with Gasteiger partial charge in [0.2, 0.25) is 0 Å². The molecule has 0 N–H and O–H groups in total. The molecule has 0 aliphatic carbocycles. The Bertz CT molecular complexity index is 647. The summed E-state index contributed by atoms with van der Waals surface area (Å²) in [6.07, 6.45) is 2.92. The third kappa shape index (κ3) is 6.52. The summed E-state index contributed by atoms with van der Waals surface area (Å²) in [6.45, 7) is 6.55. The van der Waals surface area contributed by atoms with Crippen molar-refractivity contribution in [3.8, 4) is 16.9 Å². The van der Waals surface area contributed by atoms with Crippen LogP contribution in [0.15, 0.2) is 48.5 Å². The molecule has 0 aromatic heterocycles. The smallest absolute Gasteiger partial charge is 0.338 e. The van der Waals surface area contributed by atoms with Gasteiger partial charge in [-0.25, -0.2) is 4.79 Å². The maximum atomic E-state index is 11.9. The lowest BCUT2D eigenvalue weighted by Crippen LogP contribution is -2.07. The molecule has 0 unspecified atom stereocenters. The fraction of sp³-hybridized carbons (Fsp3) is 0.409. The summed E-state index contributed by atoms with van der Waals surface area (Å²) in [7, 11) is 0. The predicted octanol–water partition coefficient (Wildman–Crippen LogP) is 5.12. The first-order chi connectivity index (χ1) is 12.7. The zero-order chi connectivity index (χ0) is 18.6. The Morgan fingerprint density at radius 2 is 1.42 bits per heavy atom. The van der Waals surface area contributed by atoms with Crippen LogP contribution in [0.4, 0.5) is 0 Å². The van der Waals surface area contributed by atoms with Crippen LogP contribution in [-0.4, -0.2) is 32.4 Å². The highest BCUT2D eigenvalue weighted by Crippen LogP contribution is 2.23. The maximum absolute atomic E-state index is 11.9. The molecule has 2 aromatic rings. The van der Waals surface area contributed by atoms with E-state index in [2.05, 4.69) is 13.8 Å². The summed E-state index contributed by atoms with van der Waals surface area (Å²) in [5.41, 5.74) is 2.70. The first kappa shape index (κ1) is 20.0. The minimum Gasteiger partial charge on any atom is -0.491 e. The summed E-state index contributed by atoms with van der Waals surface area (Å²) in [5, 5.41) is 0. The second-order valence-electron chi connectivity index (χ2n) is 6.05. The lowest BCUT2D eigenvalue weighted by molar-refractivity contribution is 0.0500. The number of hydrogen-bond donors (Lipinski definition) is 0. The SMILES string of the molecule is CCCCOC(=O)c1ccc(-c2ccc(OCCOCCC)cc2)cc1. The van der Waals surface area contributed by atoms with Gasteiger partial charge in [0.1, 0.15) is 12.4 Å². The van der Waals surface area contributed by atoms with Gasteiger partial charge in [-0.3, -0.25) is 0 Å². The van der Waals surface area contributed by atoms with Crippen molar-refractivity contribution in [1.82, 2.24) is 0 Å². The van der Waals surface area contributed by atoms with Gasteiger partial charge >= 0.3 is 5.97 Å². The number of hydrogen-bond acceptors (Lipinski definition) is 4. The third-order valence-electron chi connectivity index (χ3n) is 3.88. The van der Waals surface area contributed by atoms with E-state index in [-0.39, 0.29) is 5.97 Å². The summed E-state index contributed by atoms with van der Waals surface area (Å²) in [5.74, 6) is 0.559. The molecule has 140 valence electrons. The van der Waals surface area contributed by atoms with E-state index < -0.39 is 0 Å². The van der Waals surface area contributed by atoms with E-state index in [0.717, 1.165) is 42.7 Å². The molecule has 0 fully saturated rings. The van der Waals surface area contributed by atoms with Gasteiger partial charge in [0.25, 0.3) is 0 Å². The summed E-state index contributed by atoms with van der Waals surface area (Å²) in [4.78, 5) is 11.9. The van der Waals surface area contributed by atoms with Crippen LogP contribution in [0.1, 0.15) is 43.5 Å². The number of carbonyl (C=O) groups excluding carboxylic acids is 1. The van der Waals surface area contributed by atoms with Gasteiger partial charge in [-0.1, -0.05) is 44.5 Å². The molecular weight excluding hydrogens is 328 g/mol. The Labute approximate surface area is 156 Å². The van der Waals surface area contributed by atoms with E-state index in [9.17, 15) is 4.79 Å². The van der Waals surface area contributed by atoms with Gasteiger partial charge in [0.15, 0.2) is 0 Å². The van der Waals surface area contributed by atoms with Crippen LogP contribution in [-0.2, 0) is 9.47 Å². The summed E-state index contributed by atoms with van der Waals surface area (Å²) < 4.78 is 16.3. The van der Waals surface area contributed by atoms with Crippen molar-refractivity contribution >= 4 is 5.97 Å². The molecule has 2 aromatic carbocycles. The molecule has 0 spiro atoms. The second-order valence-corrected chi connectivity index (χ2v) is 6.05. The molecule has 0 heterocycles. The molecule has 2 rings (SSSR count). The lowest BCUT2D eigenvalue weighted by Gasteiger charge is -2.08. The van der Waals surface area contributed by atoms with Crippen LogP contribution in [0.2, 0.25) is 0 Å².